The van der Waals surface area contributed by atoms with E-state index < -0.39 is 0 Å². The Morgan fingerprint density at radius 1 is 1.04 bits per heavy atom. The summed E-state index contributed by atoms with van der Waals surface area (Å²) in [5, 5.41) is 6.79. The van der Waals surface area contributed by atoms with Crippen LogP contribution in [0.2, 0.25) is 0 Å². The van der Waals surface area contributed by atoms with Crippen LogP contribution in [0.5, 0.6) is 0 Å². The molecule has 25 heavy (non-hydrogen) atoms. The van der Waals surface area contributed by atoms with Gasteiger partial charge < -0.3 is 5.32 Å². The minimum Gasteiger partial charge on any atom is -0.347 e. The van der Waals surface area contributed by atoms with E-state index >= 15 is 0 Å². The van der Waals surface area contributed by atoms with Crippen LogP contribution in [0.4, 0.5) is 0 Å². The van der Waals surface area contributed by atoms with Crippen LogP contribution in [-0.4, -0.2) is 15.7 Å². The lowest BCUT2D eigenvalue weighted by Crippen LogP contribution is -2.28. The van der Waals surface area contributed by atoms with E-state index in [4.69, 9.17) is 0 Å². The number of carbonyl (C=O) groups excluding carboxylic acids is 1. The van der Waals surface area contributed by atoms with Crippen LogP contribution < -0.4 is 10.9 Å². The quantitative estimate of drug-likeness (QED) is 0.798. The van der Waals surface area contributed by atoms with E-state index in [2.05, 4.69) is 47.7 Å². The summed E-state index contributed by atoms with van der Waals surface area (Å²) >= 11 is 0. The van der Waals surface area contributed by atoms with Crippen LogP contribution in [0.3, 0.4) is 0 Å². The minimum absolute atomic E-state index is 0.219. The summed E-state index contributed by atoms with van der Waals surface area (Å²) in [6.45, 7) is 2.46. The molecule has 0 spiro atoms. The average molecular weight is 333 g/mol. The molecule has 0 aliphatic heterocycles. The second kappa shape index (κ2) is 7.13. The molecule has 0 bridgehead atoms. The van der Waals surface area contributed by atoms with Crippen molar-refractivity contribution < 1.29 is 4.79 Å². The van der Waals surface area contributed by atoms with Crippen LogP contribution >= 0.6 is 0 Å². The zero-order chi connectivity index (χ0) is 17.8. The van der Waals surface area contributed by atoms with Gasteiger partial charge in [0.25, 0.3) is 11.5 Å². The topological polar surface area (TPSA) is 64.0 Å². The highest BCUT2D eigenvalue weighted by molar-refractivity contribution is 5.91. The number of amides is 1. The molecule has 0 unspecified atom stereocenters. The van der Waals surface area contributed by atoms with Gasteiger partial charge in [0.15, 0.2) is 0 Å². The van der Waals surface area contributed by atoms with Gasteiger partial charge in [0.1, 0.15) is 5.69 Å². The zero-order valence-corrected chi connectivity index (χ0v) is 14.2. The van der Waals surface area contributed by atoms with Crippen LogP contribution in [0.1, 0.15) is 21.6 Å². The number of rotatable bonds is 4. The third-order valence-corrected chi connectivity index (χ3v) is 3.92. The van der Waals surface area contributed by atoms with Gasteiger partial charge in [0.2, 0.25) is 0 Å². The molecule has 0 saturated carbocycles. The SMILES string of the molecule is Cc1cccc(-c2cccc(CNC(=O)c3ccc(=O)n(C)n3)c2)c1. The highest BCUT2D eigenvalue weighted by atomic mass is 16.2. The summed E-state index contributed by atoms with van der Waals surface area (Å²) in [6.07, 6.45) is 0. The van der Waals surface area contributed by atoms with Gasteiger partial charge in [-0.25, -0.2) is 4.68 Å². The van der Waals surface area contributed by atoms with E-state index in [-0.39, 0.29) is 17.2 Å². The molecule has 1 N–H and O–H groups in total. The highest BCUT2D eigenvalue weighted by Gasteiger charge is 2.08. The Bertz CT molecular complexity index is 976. The summed E-state index contributed by atoms with van der Waals surface area (Å²) in [7, 11) is 1.52. The first kappa shape index (κ1) is 16.6. The maximum atomic E-state index is 12.2. The van der Waals surface area contributed by atoms with Gasteiger partial charge in [-0.15, -0.1) is 0 Å². The number of carbonyl (C=O) groups is 1. The van der Waals surface area contributed by atoms with E-state index in [0.717, 1.165) is 21.4 Å². The van der Waals surface area contributed by atoms with E-state index in [1.807, 2.05) is 18.2 Å². The summed E-state index contributed by atoms with van der Waals surface area (Å²) in [5.41, 5.74) is 4.43. The van der Waals surface area contributed by atoms with Gasteiger partial charge >= 0.3 is 0 Å². The Morgan fingerprint density at radius 2 is 1.76 bits per heavy atom. The van der Waals surface area contributed by atoms with E-state index in [1.165, 1.54) is 24.7 Å². The third-order valence-electron chi connectivity index (χ3n) is 3.92. The Labute approximate surface area is 145 Å². The standard InChI is InChI=1S/C20H19N3O2/c1-14-5-3-7-16(11-14)17-8-4-6-15(12-17)13-21-20(25)18-9-10-19(24)23(2)22-18/h3-12H,13H2,1-2H3,(H,21,25). The van der Waals surface area contributed by atoms with E-state index in [9.17, 15) is 9.59 Å². The molecular weight excluding hydrogens is 314 g/mol. The largest absolute Gasteiger partial charge is 0.347 e. The lowest BCUT2D eigenvalue weighted by atomic mass is 10.0. The second-order valence-corrected chi connectivity index (χ2v) is 5.93. The van der Waals surface area contributed by atoms with Crippen molar-refractivity contribution >= 4 is 5.91 Å². The maximum absolute atomic E-state index is 12.2. The summed E-state index contributed by atoms with van der Waals surface area (Å²) < 4.78 is 1.15. The Balaban J connectivity index is 1.73. The van der Waals surface area contributed by atoms with Crippen molar-refractivity contribution in [3.63, 3.8) is 0 Å². The first-order valence-corrected chi connectivity index (χ1v) is 8.01. The highest BCUT2D eigenvalue weighted by Crippen LogP contribution is 2.21. The molecule has 1 heterocycles. The fraction of sp³-hybridized carbons (Fsp3) is 0.150. The molecule has 2 aromatic carbocycles. The van der Waals surface area contributed by atoms with Crippen LogP contribution in [0.25, 0.3) is 11.1 Å². The monoisotopic (exact) mass is 333 g/mol. The predicted molar refractivity (Wildman–Crippen MR) is 97.3 cm³/mol. The number of hydrogen-bond donors (Lipinski definition) is 1. The predicted octanol–water partition coefficient (Wildman–Crippen LogP) is 2.69. The molecule has 5 nitrogen and oxygen atoms in total. The molecule has 126 valence electrons. The first-order chi connectivity index (χ1) is 12.0. The summed E-state index contributed by atoms with van der Waals surface area (Å²) in [4.78, 5) is 23.5. The van der Waals surface area contributed by atoms with Gasteiger partial charge in [0.05, 0.1) is 0 Å². The maximum Gasteiger partial charge on any atom is 0.271 e. The summed E-state index contributed by atoms with van der Waals surface area (Å²) in [5.74, 6) is -0.309. The average Bonchev–Trinajstić information content (AvgIpc) is 2.62. The second-order valence-electron chi connectivity index (χ2n) is 5.93. The van der Waals surface area contributed by atoms with Gasteiger partial charge in [-0.05, 0) is 35.7 Å². The molecule has 5 heteroatoms. The van der Waals surface area contributed by atoms with Crippen LogP contribution in [0, 0.1) is 6.92 Å². The van der Waals surface area contributed by atoms with E-state index in [1.54, 1.807) is 0 Å². The van der Waals surface area contributed by atoms with Gasteiger partial charge in [-0.1, -0.05) is 48.0 Å². The van der Waals surface area contributed by atoms with Crippen molar-refractivity contribution in [3.8, 4) is 11.1 Å². The van der Waals surface area contributed by atoms with Crippen molar-refractivity contribution in [3.05, 3.63) is 87.8 Å². The first-order valence-electron chi connectivity index (χ1n) is 8.01. The smallest absolute Gasteiger partial charge is 0.271 e. The molecule has 0 aliphatic carbocycles. The molecule has 0 saturated heterocycles. The van der Waals surface area contributed by atoms with Gasteiger partial charge in [-0.3, -0.25) is 9.59 Å². The Hall–Kier alpha value is -3.21. The fourth-order valence-corrected chi connectivity index (χ4v) is 2.58. The lowest BCUT2D eigenvalue weighted by Gasteiger charge is -2.08. The van der Waals surface area contributed by atoms with Crippen molar-refractivity contribution in [1.82, 2.24) is 15.1 Å². The molecule has 1 aromatic heterocycles. The molecule has 0 radical (unpaired) electrons. The molecule has 0 fully saturated rings. The number of aryl methyl sites for hydroxylation is 2. The number of benzene rings is 2. The lowest BCUT2D eigenvalue weighted by molar-refractivity contribution is 0.0943. The number of aromatic nitrogens is 2. The van der Waals surface area contributed by atoms with Crippen molar-refractivity contribution in [2.24, 2.45) is 7.05 Å². The number of hydrogen-bond acceptors (Lipinski definition) is 3. The molecule has 3 rings (SSSR count). The van der Waals surface area contributed by atoms with Crippen molar-refractivity contribution in [2.75, 3.05) is 0 Å². The number of nitrogens with one attached hydrogen (secondary N) is 1. The normalized spacial score (nSPS) is 10.5. The minimum atomic E-state index is -0.309. The summed E-state index contributed by atoms with van der Waals surface area (Å²) in [6, 6.07) is 19.1. The van der Waals surface area contributed by atoms with E-state index in [0.29, 0.717) is 6.54 Å². The Morgan fingerprint density at radius 3 is 2.48 bits per heavy atom. The van der Waals surface area contributed by atoms with Crippen molar-refractivity contribution in [2.45, 2.75) is 13.5 Å². The van der Waals surface area contributed by atoms with Crippen LogP contribution in [0.15, 0.2) is 65.5 Å². The van der Waals surface area contributed by atoms with Gasteiger partial charge in [0, 0.05) is 19.7 Å². The fourth-order valence-electron chi connectivity index (χ4n) is 2.58. The third kappa shape index (κ3) is 4.01. The molecule has 0 atom stereocenters. The Kier molecular flexibility index (Phi) is 4.75. The molecule has 1 amide bonds. The van der Waals surface area contributed by atoms with Gasteiger partial charge in [-0.2, -0.15) is 5.10 Å². The van der Waals surface area contributed by atoms with Crippen LogP contribution in [-0.2, 0) is 13.6 Å². The molecular formula is C20H19N3O2. The van der Waals surface area contributed by atoms with Crippen molar-refractivity contribution in [1.29, 1.82) is 0 Å². The zero-order valence-electron chi connectivity index (χ0n) is 14.2. The molecule has 0 aliphatic rings. The number of nitrogens with zero attached hydrogens (tertiary/aromatic N) is 2. The molecule has 3 aromatic rings.